The summed E-state index contributed by atoms with van der Waals surface area (Å²) in [7, 11) is 0. The van der Waals surface area contributed by atoms with Crippen molar-refractivity contribution in [2.24, 2.45) is 0 Å². The van der Waals surface area contributed by atoms with Gasteiger partial charge in [0.05, 0.1) is 0 Å². The van der Waals surface area contributed by atoms with Gasteiger partial charge in [-0.05, 0) is 19.8 Å². The van der Waals surface area contributed by atoms with E-state index in [0.29, 0.717) is 6.04 Å². The Kier molecular flexibility index (Phi) is 4.15. The quantitative estimate of drug-likeness (QED) is 0.792. The second kappa shape index (κ2) is 5.17. The monoisotopic (exact) mass is 199 g/mol. The highest BCUT2D eigenvalue weighted by Gasteiger charge is 2.04. The second-order valence-electron chi connectivity index (χ2n) is 3.22. The molecular formula is C9H17N3S. The summed E-state index contributed by atoms with van der Waals surface area (Å²) < 4.78 is 4.26. The molecule has 0 aliphatic heterocycles. The Labute approximate surface area is 83.8 Å². The van der Waals surface area contributed by atoms with Crippen LogP contribution < -0.4 is 5.32 Å². The lowest BCUT2D eigenvalue weighted by Gasteiger charge is -2.07. The van der Waals surface area contributed by atoms with Gasteiger partial charge in [-0.1, -0.05) is 13.8 Å². The van der Waals surface area contributed by atoms with E-state index in [1.807, 2.05) is 0 Å². The van der Waals surface area contributed by atoms with Crippen LogP contribution >= 0.6 is 11.5 Å². The van der Waals surface area contributed by atoms with Crippen molar-refractivity contribution in [2.45, 2.75) is 46.1 Å². The van der Waals surface area contributed by atoms with Gasteiger partial charge >= 0.3 is 0 Å². The second-order valence-corrected chi connectivity index (χ2v) is 3.97. The molecule has 1 rings (SSSR count). The normalized spacial score (nSPS) is 12.8. The topological polar surface area (TPSA) is 37.8 Å². The first-order valence-corrected chi connectivity index (χ1v) is 5.62. The van der Waals surface area contributed by atoms with Crippen molar-refractivity contribution >= 4 is 16.7 Å². The molecule has 0 amide bonds. The summed E-state index contributed by atoms with van der Waals surface area (Å²) in [5, 5.41) is 4.27. The zero-order chi connectivity index (χ0) is 9.68. The Morgan fingerprint density at radius 2 is 2.23 bits per heavy atom. The minimum atomic E-state index is 0.488. The third-order valence-corrected chi connectivity index (χ3v) is 2.61. The van der Waals surface area contributed by atoms with Crippen LogP contribution in [0.2, 0.25) is 0 Å². The molecule has 74 valence electrons. The summed E-state index contributed by atoms with van der Waals surface area (Å²) in [5.74, 6) is 0.971. The zero-order valence-corrected chi connectivity index (χ0v) is 9.32. The highest BCUT2D eigenvalue weighted by Crippen LogP contribution is 2.13. The largest absolute Gasteiger partial charge is 0.358 e. The fourth-order valence-corrected chi connectivity index (χ4v) is 1.67. The van der Waals surface area contributed by atoms with Crippen molar-refractivity contribution in [3.8, 4) is 0 Å². The minimum Gasteiger partial charge on any atom is -0.358 e. The number of hydrogen-bond donors (Lipinski definition) is 1. The number of hydrogen-bond acceptors (Lipinski definition) is 4. The zero-order valence-electron chi connectivity index (χ0n) is 8.50. The number of nitrogens with zero attached hydrogens (tertiary/aromatic N) is 2. The molecule has 0 aliphatic rings. The van der Waals surface area contributed by atoms with Crippen LogP contribution in [0, 0.1) is 0 Å². The summed E-state index contributed by atoms with van der Waals surface area (Å²) in [6.45, 7) is 6.45. The molecule has 0 aromatic carbocycles. The number of aromatic nitrogens is 2. The van der Waals surface area contributed by atoms with Gasteiger partial charge in [-0.15, -0.1) is 0 Å². The number of aryl methyl sites for hydroxylation is 1. The van der Waals surface area contributed by atoms with Crippen LogP contribution in [0.25, 0.3) is 0 Å². The van der Waals surface area contributed by atoms with Crippen molar-refractivity contribution in [2.75, 3.05) is 5.32 Å². The van der Waals surface area contributed by atoms with Crippen molar-refractivity contribution in [1.82, 2.24) is 9.36 Å². The van der Waals surface area contributed by atoms with E-state index in [1.54, 1.807) is 0 Å². The molecule has 1 N–H and O–H groups in total. The Morgan fingerprint density at radius 3 is 2.85 bits per heavy atom. The van der Waals surface area contributed by atoms with Crippen LogP contribution in [0.4, 0.5) is 5.13 Å². The van der Waals surface area contributed by atoms with E-state index < -0.39 is 0 Å². The van der Waals surface area contributed by atoms with E-state index in [1.165, 1.54) is 11.5 Å². The summed E-state index contributed by atoms with van der Waals surface area (Å²) >= 11 is 1.46. The lowest BCUT2D eigenvalue weighted by atomic mass is 10.3. The maximum atomic E-state index is 4.38. The molecule has 1 heterocycles. The first kappa shape index (κ1) is 10.4. The SMILES string of the molecule is CCCc1nsc(NC(C)CC)n1. The minimum absolute atomic E-state index is 0.488. The molecule has 0 saturated carbocycles. The maximum Gasteiger partial charge on any atom is 0.202 e. The average Bonchev–Trinajstić information content (AvgIpc) is 2.53. The molecule has 0 aliphatic carbocycles. The van der Waals surface area contributed by atoms with E-state index >= 15 is 0 Å². The molecule has 0 saturated heterocycles. The molecule has 1 atom stereocenters. The molecule has 0 bridgehead atoms. The Bertz CT molecular complexity index is 247. The van der Waals surface area contributed by atoms with Crippen molar-refractivity contribution in [1.29, 1.82) is 0 Å². The summed E-state index contributed by atoms with van der Waals surface area (Å²) in [6, 6.07) is 0.488. The Hall–Kier alpha value is -0.640. The van der Waals surface area contributed by atoms with Crippen LogP contribution in [0.5, 0.6) is 0 Å². The summed E-state index contributed by atoms with van der Waals surface area (Å²) in [5.41, 5.74) is 0. The van der Waals surface area contributed by atoms with Gasteiger partial charge in [-0.2, -0.15) is 4.37 Å². The third kappa shape index (κ3) is 3.30. The molecule has 1 aromatic rings. The Morgan fingerprint density at radius 1 is 1.46 bits per heavy atom. The molecule has 1 unspecified atom stereocenters. The van der Waals surface area contributed by atoms with E-state index in [0.717, 1.165) is 30.2 Å². The molecule has 0 fully saturated rings. The van der Waals surface area contributed by atoms with Crippen molar-refractivity contribution < 1.29 is 0 Å². The molecule has 13 heavy (non-hydrogen) atoms. The lowest BCUT2D eigenvalue weighted by molar-refractivity contribution is 0.760. The Balaban J connectivity index is 2.48. The first-order valence-electron chi connectivity index (χ1n) is 4.85. The van der Waals surface area contributed by atoms with Crippen molar-refractivity contribution in [3.05, 3.63) is 5.82 Å². The molecule has 0 radical (unpaired) electrons. The predicted octanol–water partition coefficient (Wildman–Crippen LogP) is 2.70. The highest BCUT2D eigenvalue weighted by molar-refractivity contribution is 7.09. The molecular weight excluding hydrogens is 182 g/mol. The van der Waals surface area contributed by atoms with Crippen LogP contribution in [-0.4, -0.2) is 15.4 Å². The van der Waals surface area contributed by atoms with Crippen LogP contribution in [0.1, 0.15) is 39.4 Å². The lowest BCUT2D eigenvalue weighted by Crippen LogP contribution is -2.12. The number of nitrogens with one attached hydrogen (secondary N) is 1. The van der Waals surface area contributed by atoms with E-state index in [9.17, 15) is 0 Å². The summed E-state index contributed by atoms with van der Waals surface area (Å²) in [6.07, 6.45) is 3.21. The van der Waals surface area contributed by atoms with Crippen LogP contribution in [0.3, 0.4) is 0 Å². The van der Waals surface area contributed by atoms with Gasteiger partial charge in [0.15, 0.2) is 0 Å². The van der Waals surface area contributed by atoms with Gasteiger partial charge < -0.3 is 5.32 Å². The summed E-state index contributed by atoms with van der Waals surface area (Å²) in [4.78, 5) is 4.38. The highest BCUT2D eigenvalue weighted by atomic mass is 32.1. The van der Waals surface area contributed by atoms with Gasteiger partial charge in [0.25, 0.3) is 0 Å². The fourth-order valence-electron chi connectivity index (χ4n) is 0.951. The molecule has 1 aromatic heterocycles. The standard InChI is InChI=1S/C9H17N3S/c1-4-6-8-11-9(13-12-8)10-7(3)5-2/h7H,4-6H2,1-3H3,(H,10,11,12). The molecule has 0 spiro atoms. The van der Waals surface area contributed by atoms with Crippen molar-refractivity contribution in [3.63, 3.8) is 0 Å². The first-order chi connectivity index (χ1) is 6.26. The maximum absolute atomic E-state index is 4.38. The predicted molar refractivity (Wildman–Crippen MR) is 57.3 cm³/mol. The third-order valence-electron chi connectivity index (χ3n) is 1.92. The molecule has 3 nitrogen and oxygen atoms in total. The van der Waals surface area contributed by atoms with E-state index in [2.05, 4.69) is 35.4 Å². The van der Waals surface area contributed by atoms with Gasteiger partial charge in [0.1, 0.15) is 5.82 Å². The van der Waals surface area contributed by atoms with Gasteiger partial charge in [-0.3, -0.25) is 0 Å². The van der Waals surface area contributed by atoms with Gasteiger partial charge in [0.2, 0.25) is 5.13 Å². The number of anilines is 1. The average molecular weight is 199 g/mol. The van der Waals surface area contributed by atoms with Crippen LogP contribution in [0.15, 0.2) is 0 Å². The number of rotatable bonds is 5. The van der Waals surface area contributed by atoms with Gasteiger partial charge in [0, 0.05) is 24.0 Å². The van der Waals surface area contributed by atoms with Gasteiger partial charge in [-0.25, -0.2) is 4.98 Å². The smallest absolute Gasteiger partial charge is 0.202 e. The van der Waals surface area contributed by atoms with E-state index in [4.69, 9.17) is 0 Å². The van der Waals surface area contributed by atoms with E-state index in [-0.39, 0.29) is 0 Å². The molecule has 4 heteroatoms. The fraction of sp³-hybridized carbons (Fsp3) is 0.778. The van der Waals surface area contributed by atoms with Crippen LogP contribution in [-0.2, 0) is 6.42 Å².